The van der Waals surface area contributed by atoms with Crippen molar-refractivity contribution >= 4 is 17.8 Å². The molecule has 7 nitrogen and oxygen atoms in total. The van der Waals surface area contributed by atoms with E-state index >= 15 is 0 Å². The first-order valence-electron chi connectivity index (χ1n) is 10.1. The third-order valence-electron chi connectivity index (χ3n) is 6.76. The third-order valence-corrected chi connectivity index (χ3v) is 6.76. The predicted molar refractivity (Wildman–Crippen MR) is 102 cm³/mol. The van der Waals surface area contributed by atoms with Gasteiger partial charge in [0.15, 0.2) is 0 Å². The number of carbonyl (C=O) groups is 2. The average molecular weight is 372 g/mol. The SMILES string of the molecule is CCC1CN(C2CCC3(CC2)C(=O)Nc2ncccc23)CCCN1C(=O)O. The standard InChI is InChI=1S/C20H28N4O3/c1-2-14-13-23(11-4-12-24(14)19(26)27)15-6-8-20(9-7-15)16-5-3-10-21-17(16)22-18(20)25/h3,5,10,14-15H,2,4,6-9,11-13H2,1H3,(H,26,27)(H,21,22,25). The van der Waals surface area contributed by atoms with E-state index in [-0.39, 0.29) is 11.9 Å². The summed E-state index contributed by atoms with van der Waals surface area (Å²) in [4.78, 5) is 32.7. The first kappa shape index (κ1) is 18.2. The zero-order chi connectivity index (χ0) is 19.0. The number of rotatable bonds is 2. The van der Waals surface area contributed by atoms with Crippen LogP contribution >= 0.6 is 0 Å². The molecule has 1 atom stereocenters. The molecule has 3 aliphatic rings. The van der Waals surface area contributed by atoms with E-state index in [9.17, 15) is 14.7 Å². The number of pyridine rings is 1. The van der Waals surface area contributed by atoms with Gasteiger partial charge in [0, 0.05) is 43.5 Å². The second-order valence-electron chi connectivity index (χ2n) is 8.05. The van der Waals surface area contributed by atoms with E-state index in [4.69, 9.17) is 0 Å². The molecule has 1 saturated carbocycles. The number of hydrogen-bond acceptors (Lipinski definition) is 4. The summed E-state index contributed by atoms with van der Waals surface area (Å²) < 4.78 is 0. The molecule has 0 bridgehead atoms. The molecule has 1 aliphatic carbocycles. The summed E-state index contributed by atoms with van der Waals surface area (Å²) in [6.45, 7) is 4.41. The van der Waals surface area contributed by atoms with Crippen LogP contribution in [0.15, 0.2) is 18.3 Å². The summed E-state index contributed by atoms with van der Waals surface area (Å²) in [5.74, 6) is 0.813. The minimum Gasteiger partial charge on any atom is -0.465 e. The van der Waals surface area contributed by atoms with E-state index in [2.05, 4.69) is 22.1 Å². The Morgan fingerprint density at radius 2 is 2.15 bits per heavy atom. The molecule has 1 unspecified atom stereocenters. The van der Waals surface area contributed by atoms with Gasteiger partial charge >= 0.3 is 6.09 Å². The molecule has 3 heterocycles. The second kappa shape index (κ2) is 7.11. The Kier molecular flexibility index (Phi) is 4.80. The number of hydrogen-bond donors (Lipinski definition) is 2. The molecule has 2 aliphatic heterocycles. The molecule has 7 heteroatoms. The molecule has 2 amide bonds. The van der Waals surface area contributed by atoms with Gasteiger partial charge in [0.05, 0.1) is 5.41 Å². The molecule has 0 aromatic carbocycles. The van der Waals surface area contributed by atoms with Gasteiger partial charge in [-0.15, -0.1) is 0 Å². The fraction of sp³-hybridized carbons (Fsp3) is 0.650. The van der Waals surface area contributed by atoms with Gasteiger partial charge in [0.25, 0.3) is 0 Å². The number of amides is 2. The lowest BCUT2D eigenvalue weighted by Crippen LogP contribution is -2.49. The number of nitrogens with zero attached hydrogens (tertiary/aromatic N) is 3. The highest BCUT2D eigenvalue weighted by molar-refractivity contribution is 6.05. The Balaban J connectivity index is 1.47. The number of anilines is 1. The number of fused-ring (bicyclic) bond motifs is 2. The van der Waals surface area contributed by atoms with E-state index < -0.39 is 11.5 Å². The summed E-state index contributed by atoms with van der Waals surface area (Å²) in [5.41, 5.74) is 0.622. The molecule has 2 N–H and O–H groups in total. The zero-order valence-corrected chi connectivity index (χ0v) is 15.9. The van der Waals surface area contributed by atoms with Crippen LogP contribution in [0, 0.1) is 0 Å². The van der Waals surface area contributed by atoms with Crippen molar-refractivity contribution in [1.29, 1.82) is 0 Å². The summed E-state index contributed by atoms with van der Waals surface area (Å²) in [6, 6.07) is 4.42. The van der Waals surface area contributed by atoms with Crippen LogP contribution in [0.3, 0.4) is 0 Å². The second-order valence-corrected chi connectivity index (χ2v) is 8.05. The van der Waals surface area contributed by atoms with Crippen molar-refractivity contribution in [2.75, 3.05) is 25.0 Å². The third kappa shape index (κ3) is 3.08. The van der Waals surface area contributed by atoms with Crippen molar-refractivity contribution in [3.63, 3.8) is 0 Å². The topological polar surface area (TPSA) is 85.8 Å². The number of aromatic nitrogens is 1. The molecular weight excluding hydrogens is 344 g/mol. The van der Waals surface area contributed by atoms with Gasteiger partial charge in [0.2, 0.25) is 5.91 Å². The Labute approximate surface area is 159 Å². The van der Waals surface area contributed by atoms with Crippen molar-refractivity contribution in [1.82, 2.24) is 14.8 Å². The number of carboxylic acid groups (broad SMARTS) is 1. The van der Waals surface area contributed by atoms with Crippen molar-refractivity contribution in [2.45, 2.75) is 62.9 Å². The van der Waals surface area contributed by atoms with Crippen molar-refractivity contribution in [3.05, 3.63) is 23.9 Å². The van der Waals surface area contributed by atoms with E-state index in [1.165, 1.54) is 0 Å². The maximum atomic E-state index is 12.7. The van der Waals surface area contributed by atoms with Crippen LogP contribution in [0.1, 0.15) is 51.0 Å². The van der Waals surface area contributed by atoms with Crippen LogP contribution < -0.4 is 5.32 Å². The van der Waals surface area contributed by atoms with Crippen LogP contribution in [0.4, 0.5) is 10.6 Å². The smallest absolute Gasteiger partial charge is 0.407 e. The van der Waals surface area contributed by atoms with Crippen molar-refractivity contribution in [2.24, 2.45) is 0 Å². The fourth-order valence-electron chi connectivity index (χ4n) is 5.22. The van der Waals surface area contributed by atoms with Gasteiger partial charge in [0.1, 0.15) is 5.82 Å². The summed E-state index contributed by atoms with van der Waals surface area (Å²) in [7, 11) is 0. The zero-order valence-electron chi connectivity index (χ0n) is 15.9. The van der Waals surface area contributed by atoms with Gasteiger partial charge < -0.3 is 15.3 Å². The van der Waals surface area contributed by atoms with Gasteiger partial charge in [-0.25, -0.2) is 9.78 Å². The Bertz CT molecular complexity index is 730. The lowest BCUT2D eigenvalue weighted by Gasteiger charge is -2.41. The Morgan fingerprint density at radius 3 is 2.85 bits per heavy atom. The van der Waals surface area contributed by atoms with E-state index in [0.717, 1.165) is 63.0 Å². The van der Waals surface area contributed by atoms with Gasteiger partial charge in [-0.1, -0.05) is 13.0 Å². The van der Waals surface area contributed by atoms with E-state index in [1.807, 2.05) is 12.1 Å². The minimum absolute atomic E-state index is 0.0561. The average Bonchev–Trinajstić information content (AvgIpc) is 2.84. The van der Waals surface area contributed by atoms with Crippen LogP contribution in [0.25, 0.3) is 0 Å². The number of carbonyl (C=O) groups excluding carboxylic acids is 1. The monoisotopic (exact) mass is 372 g/mol. The lowest BCUT2D eigenvalue weighted by atomic mass is 9.69. The highest BCUT2D eigenvalue weighted by Gasteiger charge is 2.49. The van der Waals surface area contributed by atoms with E-state index in [1.54, 1.807) is 11.1 Å². The normalized spacial score (nSPS) is 31.4. The largest absolute Gasteiger partial charge is 0.465 e. The lowest BCUT2D eigenvalue weighted by molar-refractivity contribution is -0.122. The fourth-order valence-corrected chi connectivity index (χ4v) is 5.22. The molecule has 4 rings (SSSR count). The summed E-state index contributed by atoms with van der Waals surface area (Å²) in [6.07, 6.45) is 6.21. The molecule has 146 valence electrons. The quantitative estimate of drug-likeness (QED) is 0.834. The first-order valence-corrected chi connectivity index (χ1v) is 10.1. The maximum absolute atomic E-state index is 12.7. The molecule has 0 radical (unpaired) electrons. The van der Waals surface area contributed by atoms with Gasteiger partial charge in [-0.2, -0.15) is 0 Å². The van der Waals surface area contributed by atoms with Crippen LogP contribution in [0.2, 0.25) is 0 Å². The number of nitrogens with one attached hydrogen (secondary N) is 1. The molecule has 27 heavy (non-hydrogen) atoms. The molecule has 1 aromatic rings. The minimum atomic E-state index is -0.807. The van der Waals surface area contributed by atoms with E-state index in [0.29, 0.717) is 12.6 Å². The highest BCUT2D eigenvalue weighted by Crippen LogP contribution is 2.47. The summed E-state index contributed by atoms with van der Waals surface area (Å²) in [5, 5.41) is 12.4. The van der Waals surface area contributed by atoms with Crippen molar-refractivity contribution < 1.29 is 14.7 Å². The Morgan fingerprint density at radius 1 is 1.37 bits per heavy atom. The van der Waals surface area contributed by atoms with Crippen LogP contribution in [0.5, 0.6) is 0 Å². The van der Waals surface area contributed by atoms with Crippen molar-refractivity contribution in [3.8, 4) is 0 Å². The predicted octanol–water partition coefficient (Wildman–Crippen LogP) is 2.68. The molecular formula is C20H28N4O3. The molecule has 1 spiro atoms. The summed E-state index contributed by atoms with van der Waals surface area (Å²) >= 11 is 0. The highest BCUT2D eigenvalue weighted by atomic mass is 16.4. The van der Waals surface area contributed by atoms with Gasteiger partial charge in [-0.3, -0.25) is 9.69 Å². The van der Waals surface area contributed by atoms with Gasteiger partial charge in [-0.05, 0) is 44.6 Å². The van der Waals surface area contributed by atoms with Crippen LogP contribution in [-0.4, -0.2) is 63.6 Å². The Hall–Kier alpha value is -2.15. The maximum Gasteiger partial charge on any atom is 0.407 e. The first-order chi connectivity index (χ1) is 13.0. The molecule has 1 aromatic heterocycles. The van der Waals surface area contributed by atoms with Crippen LogP contribution in [-0.2, 0) is 10.2 Å². The molecule has 2 fully saturated rings. The molecule has 1 saturated heterocycles.